The molecule has 2 amide bonds. The summed E-state index contributed by atoms with van der Waals surface area (Å²) in [5, 5.41) is 16.2. The summed E-state index contributed by atoms with van der Waals surface area (Å²) in [6.07, 6.45) is 0.776. The molecule has 0 saturated carbocycles. The molecule has 7 nitrogen and oxygen atoms in total. The lowest BCUT2D eigenvalue weighted by Gasteiger charge is -2.15. The molecule has 0 unspecified atom stereocenters. The molecule has 0 bridgehead atoms. The molecule has 0 heterocycles. The molecule has 0 aliphatic rings. The molecule has 2 aromatic rings. The molecule has 136 valence electrons. The van der Waals surface area contributed by atoms with Gasteiger partial charge in [-0.05, 0) is 31.5 Å². The van der Waals surface area contributed by atoms with Crippen molar-refractivity contribution < 1.29 is 14.5 Å². The number of nitro benzene ring substituents is 1. The summed E-state index contributed by atoms with van der Waals surface area (Å²) in [6.45, 7) is 3.84. The number of nitro groups is 1. The lowest BCUT2D eigenvalue weighted by atomic mass is 10.1. The van der Waals surface area contributed by atoms with E-state index < -0.39 is 10.8 Å². The van der Waals surface area contributed by atoms with E-state index in [-0.39, 0.29) is 28.2 Å². The number of carbonyl (C=O) groups excluding carboxylic acids is 2. The molecule has 0 radical (unpaired) electrons. The molecule has 0 aliphatic carbocycles. The SMILES string of the molecule is CC[C@@H](C)NC(=O)c1ccccc1NC(=O)c1ccc([N+](=O)[O-])cc1Cl. The van der Waals surface area contributed by atoms with Gasteiger partial charge in [0.2, 0.25) is 0 Å². The standard InChI is InChI=1S/C18H18ClN3O4/c1-3-11(2)20-18(24)14-6-4-5-7-16(14)21-17(23)13-9-8-12(22(25)26)10-15(13)19/h4-11H,3H2,1-2H3,(H,20,24)(H,21,23)/t11-/m1/s1. The summed E-state index contributed by atoms with van der Waals surface area (Å²) in [6, 6.07) is 10.2. The average molecular weight is 376 g/mol. The molecule has 8 heteroatoms. The first-order valence-electron chi connectivity index (χ1n) is 7.98. The second-order valence-electron chi connectivity index (χ2n) is 5.70. The molecular formula is C18H18ClN3O4. The number of rotatable bonds is 6. The van der Waals surface area contributed by atoms with Gasteiger partial charge in [0.15, 0.2) is 0 Å². The smallest absolute Gasteiger partial charge is 0.270 e. The maximum absolute atomic E-state index is 12.5. The maximum atomic E-state index is 12.5. The Morgan fingerprint density at radius 1 is 1.15 bits per heavy atom. The number of anilines is 1. The van der Waals surface area contributed by atoms with Crippen molar-refractivity contribution in [1.82, 2.24) is 5.32 Å². The maximum Gasteiger partial charge on any atom is 0.270 e. The van der Waals surface area contributed by atoms with Gasteiger partial charge >= 0.3 is 0 Å². The Labute approximate surface area is 155 Å². The second kappa shape index (κ2) is 8.44. The first kappa shape index (κ1) is 19.4. The number of nitrogens with one attached hydrogen (secondary N) is 2. The van der Waals surface area contributed by atoms with Crippen molar-refractivity contribution in [3.63, 3.8) is 0 Å². The fourth-order valence-electron chi connectivity index (χ4n) is 2.19. The van der Waals surface area contributed by atoms with Gasteiger partial charge < -0.3 is 10.6 Å². The van der Waals surface area contributed by atoms with Gasteiger partial charge in [0.25, 0.3) is 17.5 Å². The highest BCUT2D eigenvalue weighted by Gasteiger charge is 2.18. The first-order valence-corrected chi connectivity index (χ1v) is 8.36. The van der Waals surface area contributed by atoms with Crippen LogP contribution in [-0.2, 0) is 0 Å². The van der Waals surface area contributed by atoms with E-state index >= 15 is 0 Å². The van der Waals surface area contributed by atoms with Crippen molar-refractivity contribution in [3.05, 3.63) is 68.7 Å². The van der Waals surface area contributed by atoms with Crippen LogP contribution in [0.5, 0.6) is 0 Å². The van der Waals surface area contributed by atoms with Gasteiger partial charge in [0.05, 0.1) is 26.8 Å². The number of para-hydroxylation sites is 1. The molecule has 1 atom stereocenters. The van der Waals surface area contributed by atoms with E-state index in [9.17, 15) is 19.7 Å². The molecule has 0 fully saturated rings. The monoisotopic (exact) mass is 375 g/mol. The van der Waals surface area contributed by atoms with Crippen LogP contribution in [0, 0.1) is 10.1 Å². The summed E-state index contributed by atoms with van der Waals surface area (Å²) < 4.78 is 0. The summed E-state index contributed by atoms with van der Waals surface area (Å²) in [7, 11) is 0. The lowest BCUT2D eigenvalue weighted by molar-refractivity contribution is -0.384. The highest BCUT2D eigenvalue weighted by molar-refractivity contribution is 6.34. The van der Waals surface area contributed by atoms with E-state index in [1.54, 1.807) is 24.3 Å². The quantitative estimate of drug-likeness (QED) is 0.587. The molecule has 26 heavy (non-hydrogen) atoms. The Kier molecular flexibility index (Phi) is 6.30. The zero-order chi connectivity index (χ0) is 19.3. The number of non-ortho nitro benzene ring substituents is 1. The van der Waals surface area contributed by atoms with Crippen LogP contribution in [0.4, 0.5) is 11.4 Å². The number of carbonyl (C=O) groups is 2. The number of hydrogen-bond donors (Lipinski definition) is 2. The van der Waals surface area contributed by atoms with E-state index in [0.717, 1.165) is 12.5 Å². The van der Waals surface area contributed by atoms with Crippen molar-refractivity contribution >= 4 is 34.8 Å². The van der Waals surface area contributed by atoms with Crippen molar-refractivity contribution in [1.29, 1.82) is 0 Å². The van der Waals surface area contributed by atoms with E-state index in [1.165, 1.54) is 12.1 Å². The normalized spacial score (nSPS) is 11.5. The van der Waals surface area contributed by atoms with Crippen molar-refractivity contribution in [2.24, 2.45) is 0 Å². The number of halogens is 1. The molecule has 2 rings (SSSR count). The highest BCUT2D eigenvalue weighted by atomic mass is 35.5. The third kappa shape index (κ3) is 4.58. The van der Waals surface area contributed by atoms with Gasteiger partial charge in [-0.15, -0.1) is 0 Å². The number of benzene rings is 2. The van der Waals surface area contributed by atoms with Gasteiger partial charge in [0.1, 0.15) is 0 Å². The number of nitrogens with zero attached hydrogens (tertiary/aromatic N) is 1. The Morgan fingerprint density at radius 3 is 2.46 bits per heavy atom. The largest absolute Gasteiger partial charge is 0.350 e. The molecular weight excluding hydrogens is 358 g/mol. The lowest BCUT2D eigenvalue weighted by Crippen LogP contribution is -2.32. The van der Waals surface area contributed by atoms with Gasteiger partial charge in [-0.1, -0.05) is 30.7 Å². The van der Waals surface area contributed by atoms with Gasteiger partial charge in [-0.25, -0.2) is 0 Å². The Hall–Kier alpha value is -2.93. The van der Waals surface area contributed by atoms with Crippen molar-refractivity contribution in [2.45, 2.75) is 26.3 Å². The average Bonchev–Trinajstić information content (AvgIpc) is 2.61. The first-order chi connectivity index (χ1) is 12.3. The van der Waals surface area contributed by atoms with Crippen LogP contribution >= 0.6 is 11.6 Å². The van der Waals surface area contributed by atoms with Gasteiger partial charge in [-0.2, -0.15) is 0 Å². The summed E-state index contributed by atoms with van der Waals surface area (Å²) in [5.74, 6) is -0.862. The zero-order valence-electron chi connectivity index (χ0n) is 14.3. The minimum Gasteiger partial charge on any atom is -0.350 e. The molecule has 2 N–H and O–H groups in total. The molecule has 0 saturated heterocycles. The minimum absolute atomic E-state index is 0.00428. The second-order valence-corrected chi connectivity index (χ2v) is 6.11. The molecule has 2 aromatic carbocycles. The van der Waals surface area contributed by atoms with E-state index in [1.807, 2.05) is 13.8 Å². The third-order valence-electron chi connectivity index (χ3n) is 3.82. The summed E-state index contributed by atoms with van der Waals surface area (Å²) >= 11 is 5.98. The topological polar surface area (TPSA) is 101 Å². The Balaban J connectivity index is 2.25. The van der Waals surface area contributed by atoms with Crippen molar-refractivity contribution in [3.8, 4) is 0 Å². The van der Waals surface area contributed by atoms with Crippen LogP contribution in [0.15, 0.2) is 42.5 Å². The fourth-order valence-corrected chi connectivity index (χ4v) is 2.45. The van der Waals surface area contributed by atoms with E-state index in [4.69, 9.17) is 11.6 Å². The highest BCUT2D eigenvalue weighted by Crippen LogP contribution is 2.24. The van der Waals surface area contributed by atoms with Crippen LogP contribution in [0.3, 0.4) is 0 Å². The summed E-state index contributed by atoms with van der Waals surface area (Å²) in [4.78, 5) is 35.0. The number of hydrogen-bond acceptors (Lipinski definition) is 4. The Morgan fingerprint density at radius 2 is 1.85 bits per heavy atom. The van der Waals surface area contributed by atoms with Crippen LogP contribution in [0.25, 0.3) is 0 Å². The van der Waals surface area contributed by atoms with Crippen LogP contribution in [-0.4, -0.2) is 22.8 Å². The zero-order valence-corrected chi connectivity index (χ0v) is 15.0. The Bertz CT molecular complexity index is 854. The minimum atomic E-state index is -0.595. The van der Waals surface area contributed by atoms with Crippen LogP contribution in [0.2, 0.25) is 5.02 Å². The van der Waals surface area contributed by atoms with Crippen LogP contribution < -0.4 is 10.6 Å². The van der Waals surface area contributed by atoms with E-state index in [0.29, 0.717) is 11.3 Å². The molecule has 0 aliphatic heterocycles. The molecule has 0 aromatic heterocycles. The van der Waals surface area contributed by atoms with Gasteiger partial charge in [0, 0.05) is 18.2 Å². The molecule has 0 spiro atoms. The fraction of sp³-hybridized carbons (Fsp3) is 0.222. The van der Waals surface area contributed by atoms with Crippen molar-refractivity contribution in [2.75, 3.05) is 5.32 Å². The van der Waals surface area contributed by atoms with Crippen LogP contribution in [0.1, 0.15) is 41.0 Å². The predicted molar refractivity (Wildman–Crippen MR) is 99.7 cm³/mol. The van der Waals surface area contributed by atoms with E-state index in [2.05, 4.69) is 10.6 Å². The summed E-state index contributed by atoms with van der Waals surface area (Å²) in [5.41, 5.74) is 0.515. The third-order valence-corrected chi connectivity index (χ3v) is 4.13. The predicted octanol–water partition coefficient (Wildman–Crippen LogP) is 4.03. The van der Waals surface area contributed by atoms with Gasteiger partial charge in [-0.3, -0.25) is 19.7 Å². The number of amides is 2.